The van der Waals surface area contributed by atoms with Gasteiger partial charge in [0.15, 0.2) is 0 Å². The molecular weight excluding hydrogens is 173 g/mol. The summed E-state index contributed by atoms with van der Waals surface area (Å²) in [6.45, 7) is 3.18. The van der Waals surface area contributed by atoms with Crippen molar-refractivity contribution in [2.75, 3.05) is 0 Å². The van der Waals surface area contributed by atoms with Crippen LogP contribution in [0, 0.1) is 13.8 Å². The molecule has 1 aromatic rings. The third-order valence-corrected chi connectivity index (χ3v) is 2.79. The Morgan fingerprint density at radius 2 is 1.82 bits per heavy atom. The van der Waals surface area contributed by atoms with E-state index in [4.69, 9.17) is 0 Å². The predicted molar refractivity (Wildman–Crippen MR) is 38.8 cm³/mol. The molecule has 11 heavy (non-hydrogen) atoms. The molecule has 0 amide bonds. The number of thiophene rings is 1. The summed E-state index contributed by atoms with van der Waals surface area (Å²) >= 11 is 0.758. The van der Waals surface area contributed by atoms with Crippen LogP contribution in [0.15, 0.2) is 5.38 Å². The van der Waals surface area contributed by atoms with Gasteiger partial charge in [0.2, 0.25) is 0 Å². The Labute approximate surface area is 66.7 Å². The van der Waals surface area contributed by atoms with Gasteiger partial charge in [0.1, 0.15) is 4.88 Å². The van der Waals surface area contributed by atoms with E-state index < -0.39 is 11.1 Å². The molecule has 0 aliphatic heterocycles. The van der Waals surface area contributed by atoms with E-state index in [0.29, 0.717) is 11.1 Å². The van der Waals surface area contributed by atoms with E-state index >= 15 is 0 Å². The van der Waals surface area contributed by atoms with Gasteiger partial charge in [-0.3, -0.25) is 0 Å². The van der Waals surface area contributed by atoms with Gasteiger partial charge < -0.3 is 0 Å². The maximum Gasteiger partial charge on any atom is 0.425 e. The molecule has 0 atom stereocenters. The molecule has 0 unspecified atom stereocenters. The molecule has 0 saturated carbocycles. The molecule has 62 valence electrons. The van der Waals surface area contributed by atoms with E-state index in [1.165, 1.54) is 12.3 Å². The molecular formula is C7H7F3S. The molecule has 0 N–H and O–H groups in total. The molecule has 0 fully saturated rings. The van der Waals surface area contributed by atoms with E-state index in [2.05, 4.69) is 0 Å². The summed E-state index contributed by atoms with van der Waals surface area (Å²) in [6, 6.07) is 0. The van der Waals surface area contributed by atoms with Crippen LogP contribution in [0.2, 0.25) is 0 Å². The first-order valence-electron chi connectivity index (χ1n) is 3.05. The van der Waals surface area contributed by atoms with Crippen molar-refractivity contribution in [1.82, 2.24) is 0 Å². The van der Waals surface area contributed by atoms with Crippen molar-refractivity contribution in [3.05, 3.63) is 21.4 Å². The van der Waals surface area contributed by atoms with Crippen molar-refractivity contribution in [2.45, 2.75) is 20.0 Å². The second kappa shape index (κ2) is 2.52. The Hall–Kier alpha value is -0.510. The summed E-state index contributed by atoms with van der Waals surface area (Å²) in [7, 11) is 0. The van der Waals surface area contributed by atoms with Gasteiger partial charge in [-0.1, -0.05) is 0 Å². The minimum atomic E-state index is -4.18. The molecule has 0 bridgehead atoms. The largest absolute Gasteiger partial charge is 0.425 e. The zero-order valence-electron chi connectivity index (χ0n) is 6.12. The highest BCUT2D eigenvalue weighted by atomic mass is 32.1. The second-order valence-corrected chi connectivity index (χ2v) is 3.25. The van der Waals surface area contributed by atoms with Crippen LogP contribution in [0.3, 0.4) is 0 Å². The van der Waals surface area contributed by atoms with Gasteiger partial charge in [0.05, 0.1) is 0 Å². The number of halogens is 3. The van der Waals surface area contributed by atoms with Crippen LogP contribution < -0.4 is 0 Å². The first-order chi connectivity index (χ1) is 4.93. The van der Waals surface area contributed by atoms with Crippen molar-refractivity contribution in [3.63, 3.8) is 0 Å². The minimum absolute atomic E-state index is 0.350. The zero-order chi connectivity index (χ0) is 8.65. The molecule has 0 aromatic carbocycles. The van der Waals surface area contributed by atoms with Crippen LogP contribution in [0.1, 0.15) is 16.0 Å². The van der Waals surface area contributed by atoms with Crippen LogP contribution in [-0.2, 0) is 6.18 Å². The van der Waals surface area contributed by atoms with E-state index in [1.807, 2.05) is 0 Å². The Morgan fingerprint density at radius 1 is 1.27 bits per heavy atom. The lowest BCUT2D eigenvalue weighted by Gasteiger charge is -2.03. The van der Waals surface area contributed by atoms with Crippen LogP contribution >= 0.6 is 11.3 Å². The Bertz CT molecular complexity index is 259. The van der Waals surface area contributed by atoms with Crippen molar-refractivity contribution < 1.29 is 13.2 Å². The maximum absolute atomic E-state index is 12.1. The highest BCUT2D eigenvalue weighted by Crippen LogP contribution is 2.37. The molecule has 0 nitrogen and oxygen atoms in total. The summed E-state index contributed by atoms with van der Waals surface area (Å²) in [5, 5.41) is 1.53. The SMILES string of the molecule is Cc1csc(C(F)(F)F)c1C. The average molecular weight is 180 g/mol. The number of alkyl halides is 3. The minimum Gasteiger partial charge on any atom is -0.165 e. The fraction of sp³-hybridized carbons (Fsp3) is 0.429. The molecule has 0 spiro atoms. The Kier molecular flexibility index (Phi) is 1.96. The number of rotatable bonds is 0. The molecule has 1 aromatic heterocycles. The molecule has 1 heterocycles. The Morgan fingerprint density at radius 3 is 2.00 bits per heavy atom. The topological polar surface area (TPSA) is 0 Å². The highest BCUT2D eigenvalue weighted by molar-refractivity contribution is 7.10. The van der Waals surface area contributed by atoms with E-state index in [-0.39, 0.29) is 0 Å². The maximum atomic E-state index is 12.1. The van der Waals surface area contributed by atoms with E-state index in [9.17, 15) is 13.2 Å². The number of aryl methyl sites for hydroxylation is 1. The fourth-order valence-corrected chi connectivity index (χ4v) is 1.73. The monoisotopic (exact) mass is 180 g/mol. The standard InChI is InChI=1S/C7H7F3S/c1-4-3-11-6(5(4)2)7(8,9)10/h3H,1-2H3. The smallest absolute Gasteiger partial charge is 0.165 e. The first-order valence-corrected chi connectivity index (χ1v) is 3.93. The van der Waals surface area contributed by atoms with Crippen molar-refractivity contribution in [3.8, 4) is 0 Å². The quantitative estimate of drug-likeness (QED) is 0.574. The zero-order valence-corrected chi connectivity index (χ0v) is 6.94. The highest BCUT2D eigenvalue weighted by Gasteiger charge is 2.34. The summed E-state index contributed by atoms with van der Waals surface area (Å²) in [4.78, 5) is -0.477. The average Bonchev–Trinajstić information content (AvgIpc) is 2.11. The van der Waals surface area contributed by atoms with E-state index in [1.54, 1.807) is 6.92 Å². The molecule has 0 aliphatic carbocycles. The second-order valence-electron chi connectivity index (χ2n) is 2.37. The number of hydrogen-bond acceptors (Lipinski definition) is 1. The van der Waals surface area contributed by atoms with Gasteiger partial charge in [-0.05, 0) is 30.4 Å². The molecule has 0 aliphatic rings. The van der Waals surface area contributed by atoms with Gasteiger partial charge in [0, 0.05) is 0 Å². The van der Waals surface area contributed by atoms with Crippen LogP contribution in [0.25, 0.3) is 0 Å². The lowest BCUT2D eigenvalue weighted by Crippen LogP contribution is -2.03. The van der Waals surface area contributed by atoms with E-state index in [0.717, 1.165) is 11.3 Å². The van der Waals surface area contributed by atoms with Gasteiger partial charge in [-0.15, -0.1) is 11.3 Å². The van der Waals surface area contributed by atoms with Crippen molar-refractivity contribution in [1.29, 1.82) is 0 Å². The Balaban J connectivity index is 3.15. The molecule has 1 rings (SSSR count). The first kappa shape index (κ1) is 8.59. The van der Waals surface area contributed by atoms with Crippen LogP contribution in [0.5, 0.6) is 0 Å². The molecule has 0 saturated heterocycles. The lowest BCUT2D eigenvalue weighted by atomic mass is 10.2. The van der Waals surface area contributed by atoms with Crippen LogP contribution in [-0.4, -0.2) is 0 Å². The fourth-order valence-electron chi connectivity index (χ4n) is 0.783. The van der Waals surface area contributed by atoms with Gasteiger partial charge in [0.25, 0.3) is 0 Å². The summed E-state index contributed by atoms with van der Waals surface area (Å²) in [5.74, 6) is 0. The third kappa shape index (κ3) is 1.56. The van der Waals surface area contributed by atoms with Crippen LogP contribution in [0.4, 0.5) is 13.2 Å². The summed E-state index contributed by atoms with van der Waals surface area (Å²) < 4.78 is 36.2. The van der Waals surface area contributed by atoms with Gasteiger partial charge in [-0.25, -0.2) is 0 Å². The van der Waals surface area contributed by atoms with Gasteiger partial charge >= 0.3 is 6.18 Å². The lowest BCUT2D eigenvalue weighted by molar-refractivity contribution is -0.134. The third-order valence-electron chi connectivity index (χ3n) is 1.54. The summed E-state index contributed by atoms with van der Waals surface area (Å²) in [5.41, 5.74) is 1.06. The predicted octanol–water partition coefficient (Wildman–Crippen LogP) is 3.38. The normalized spacial score (nSPS) is 12.1. The number of hydrogen-bond donors (Lipinski definition) is 0. The van der Waals surface area contributed by atoms with Crippen molar-refractivity contribution >= 4 is 11.3 Å². The van der Waals surface area contributed by atoms with Gasteiger partial charge in [-0.2, -0.15) is 13.2 Å². The van der Waals surface area contributed by atoms with Crippen molar-refractivity contribution in [2.24, 2.45) is 0 Å². The molecule has 0 radical (unpaired) electrons. The summed E-state index contributed by atoms with van der Waals surface area (Å²) in [6.07, 6.45) is -4.18. The molecule has 4 heteroatoms.